The van der Waals surface area contributed by atoms with Crippen molar-refractivity contribution in [1.82, 2.24) is 5.32 Å². The van der Waals surface area contributed by atoms with Gasteiger partial charge < -0.3 is 5.32 Å². The maximum absolute atomic E-state index is 3.55. The Kier molecular flexibility index (Phi) is 6.57. The summed E-state index contributed by atoms with van der Waals surface area (Å²) in [6.45, 7) is 12.5. The number of hydrogen-bond acceptors (Lipinski definition) is 1. The Morgan fingerprint density at radius 1 is 1.00 bits per heavy atom. The van der Waals surface area contributed by atoms with Crippen LogP contribution in [-0.2, 0) is 12.8 Å². The van der Waals surface area contributed by atoms with Crippen LogP contribution in [0, 0.1) is 5.41 Å². The molecule has 19 heavy (non-hydrogen) atoms. The van der Waals surface area contributed by atoms with E-state index < -0.39 is 0 Å². The Bertz CT molecular complexity index is 348. The van der Waals surface area contributed by atoms with Gasteiger partial charge >= 0.3 is 0 Å². The van der Waals surface area contributed by atoms with Gasteiger partial charge in [-0.25, -0.2) is 0 Å². The van der Waals surface area contributed by atoms with E-state index in [4.69, 9.17) is 0 Å². The molecule has 1 heteroatoms. The van der Waals surface area contributed by atoms with E-state index in [1.54, 1.807) is 0 Å². The molecule has 0 saturated carbocycles. The van der Waals surface area contributed by atoms with Gasteiger partial charge in [-0.1, -0.05) is 65.3 Å². The summed E-state index contributed by atoms with van der Waals surface area (Å²) < 4.78 is 0. The molecule has 0 atom stereocenters. The lowest BCUT2D eigenvalue weighted by atomic mass is 9.86. The van der Waals surface area contributed by atoms with Gasteiger partial charge in [0.1, 0.15) is 0 Å². The molecule has 1 N–H and O–H groups in total. The molecule has 0 unspecified atom stereocenters. The Hall–Kier alpha value is -0.820. The van der Waals surface area contributed by atoms with Crippen LogP contribution in [-0.4, -0.2) is 12.6 Å². The second-order valence-corrected chi connectivity index (χ2v) is 6.77. The first kappa shape index (κ1) is 16.2. The van der Waals surface area contributed by atoms with Crippen molar-refractivity contribution in [2.24, 2.45) is 5.41 Å². The lowest BCUT2D eigenvalue weighted by molar-refractivity contribution is 0.304. The predicted molar refractivity (Wildman–Crippen MR) is 85.7 cm³/mol. The maximum Gasteiger partial charge on any atom is 0.00106 e. The van der Waals surface area contributed by atoms with Crippen LogP contribution in [0.5, 0.6) is 0 Å². The van der Waals surface area contributed by atoms with Crippen LogP contribution in [0.2, 0.25) is 0 Å². The van der Waals surface area contributed by atoms with Gasteiger partial charge in [0.25, 0.3) is 0 Å². The van der Waals surface area contributed by atoms with E-state index in [1.165, 1.54) is 36.8 Å². The van der Waals surface area contributed by atoms with Crippen molar-refractivity contribution in [2.45, 2.75) is 66.3 Å². The third-order valence-electron chi connectivity index (χ3n) is 3.64. The zero-order valence-corrected chi connectivity index (χ0v) is 13.4. The number of benzene rings is 1. The Morgan fingerprint density at radius 2 is 1.53 bits per heavy atom. The molecular weight excluding hydrogens is 230 g/mol. The van der Waals surface area contributed by atoms with Gasteiger partial charge in [-0.3, -0.25) is 0 Å². The smallest absolute Gasteiger partial charge is 0.00106 e. The molecule has 0 bridgehead atoms. The highest BCUT2D eigenvalue weighted by Crippen LogP contribution is 2.22. The summed E-state index contributed by atoms with van der Waals surface area (Å²) in [6, 6.07) is 9.76. The van der Waals surface area contributed by atoms with Gasteiger partial charge in [-0.2, -0.15) is 0 Å². The molecular formula is C18H31N. The summed E-state index contributed by atoms with van der Waals surface area (Å²) in [5, 5.41) is 3.55. The highest BCUT2D eigenvalue weighted by atomic mass is 14.9. The van der Waals surface area contributed by atoms with Crippen LogP contribution < -0.4 is 5.32 Å². The van der Waals surface area contributed by atoms with Gasteiger partial charge in [0, 0.05) is 12.6 Å². The Balaban J connectivity index is 2.42. The molecule has 0 fully saturated rings. The van der Waals surface area contributed by atoms with E-state index in [1.807, 2.05) is 0 Å². The van der Waals surface area contributed by atoms with E-state index in [9.17, 15) is 0 Å². The highest BCUT2D eigenvalue weighted by molar-refractivity contribution is 5.22. The average Bonchev–Trinajstić information content (AvgIpc) is 2.36. The van der Waals surface area contributed by atoms with Gasteiger partial charge in [0.2, 0.25) is 0 Å². The standard InChI is InChI=1S/C18H31N/c1-6-7-16-8-10-17(11-9-16)12-13-18(4,5)14-19-15(2)3/h8-11,15,19H,6-7,12-14H2,1-5H3. The fourth-order valence-electron chi connectivity index (χ4n) is 2.21. The zero-order chi connectivity index (χ0) is 14.3. The Labute approximate surface area is 119 Å². The molecule has 0 aliphatic rings. The van der Waals surface area contributed by atoms with Crippen molar-refractivity contribution in [3.8, 4) is 0 Å². The van der Waals surface area contributed by atoms with E-state index in [0.29, 0.717) is 11.5 Å². The average molecular weight is 261 g/mol. The minimum Gasteiger partial charge on any atom is -0.314 e. The first-order valence-electron chi connectivity index (χ1n) is 7.74. The molecule has 1 nitrogen and oxygen atoms in total. The molecule has 0 radical (unpaired) electrons. The van der Waals surface area contributed by atoms with Gasteiger partial charge in [0.15, 0.2) is 0 Å². The summed E-state index contributed by atoms with van der Waals surface area (Å²) in [5.74, 6) is 0. The first-order valence-corrected chi connectivity index (χ1v) is 7.74. The molecule has 0 saturated heterocycles. The molecule has 0 heterocycles. The normalized spacial score (nSPS) is 12.1. The summed E-state index contributed by atoms with van der Waals surface area (Å²) in [5.41, 5.74) is 3.30. The van der Waals surface area contributed by atoms with Crippen LogP contribution in [0.25, 0.3) is 0 Å². The SMILES string of the molecule is CCCc1ccc(CCC(C)(C)CNC(C)C)cc1. The van der Waals surface area contributed by atoms with E-state index in [0.717, 1.165) is 6.54 Å². The van der Waals surface area contributed by atoms with E-state index in [-0.39, 0.29) is 0 Å². The quantitative estimate of drug-likeness (QED) is 0.721. The molecule has 1 aromatic carbocycles. The summed E-state index contributed by atoms with van der Waals surface area (Å²) in [7, 11) is 0. The van der Waals surface area contributed by atoms with Crippen molar-refractivity contribution in [3.05, 3.63) is 35.4 Å². The zero-order valence-electron chi connectivity index (χ0n) is 13.4. The van der Waals surface area contributed by atoms with Crippen molar-refractivity contribution < 1.29 is 0 Å². The van der Waals surface area contributed by atoms with Gasteiger partial charge in [-0.15, -0.1) is 0 Å². The second kappa shape index (κ2) is 7.69. The molecule has 108 valence electrons. The van der Waals surface area contributed by atoms with Gasteiger partial charge in [0.05, 0.1) is 0 Å². The maximum atomic E-state index is 3.55. The van der Waals surface area contributed by atoms with Crippen molar-refractivity contribution in [1.29, 1.82) is 0 Å². The molecule has 0 aliphatic heterocycles. The van der Waals surface area contributed by atoms with E-state index >= 15 is 0 Å². The summed E-state index contributed by atoms with van der Waals surface area (Å²) in [6.07, 6.45) is 4.84. The topological polar surface area (TPSA) is 12.0 Å². The molecule has 0 spiro atoms. The number of hydrogen-bond donors (Lipinski definition) is 1. The monoisotopic (exact) mass is 261 g/mol. The van der Waals surface area contributed by atoms with E-state index in [2.05, 4.69) is 64.2 Å². The third kappa shape index (κ3) is 6.77. The first-order chi connectivity index (χ1) is 8.93. The summed E-state index contributed by atoms with van der Waals surface area (Å²) in [4.78, 5) is 0. The fraction of sp³-hybridized carbons (Fsp3) is 0.667. The number of nitrogens with one attached hydrogen (secondary N) is 1. The van der Waals surface area contributed by atoms with Crippen LogP contribution in [0.3, 0.4) is 0 Å². The van der Waals surface area contributed by atoms with Crippen molar-refractivity contribution in [3.63, 3.8) is 0 Å². The van der Waals surface area contributed by atoms with Crippen LogP contribution in [0.1, 0.15) is 58.6 Å². The van der Waals surface area contributed by atoms with Crippen LogP contribution in [0.15, 0.2) is 24.3 Å². The minimum atomic E-state index is 0.367. The molecule has 0 aromatic heterocycles. The Morgan fingerprint density at radius 3 is 2.00 bits per heavy atom. The van der Waals surface area contributed by atoms with Crippen molar-refractivity contribution >= 4 is 0 Å². The third-order valence-corrected chi connectivity index (χ3v) is 3.64. The lowest BCUT2D eigenvalue weighted by Crippen LogP contribution is -2.34. The predicted octanol–water partition coefficient (Wildman–Crippen LogP) is 4.60. The highest BCUT2D eigenvalue weighted by Gasteiger charge is 2.17. The fourth-order valence-corrected chi connectivity index (χ4v) is 2.21. The van der Waals surface area contributed by atoms with Crippen molar-refractivity contribution in [2.75, 3.05) is 6.54 Å². The second-order valence-electron chi connectivity index (χ2n) is 6.77. The molecule has 1 aromatic rings. The van der Waals surface area contributed by atoms with Crippen LogP contribution in [0.4, 0.5) is 0 Å². The number of rotatable bonds is 8. The lowest BCUT2D eigenvalue weighted by Gasteiger charge is -2.26. The molecule has 1 rings (SSSR count). The van der Waals surface area contributed by atoms with Gasteiger partial charge in [-0.05, 0) is 35.8 Å². The summed E-state index contributed by atoms with van der Waals surface area (Å²) >= 11 is 0. The largest absolute Gasteiger partial charge is 0.314 e. The van der Waals surface area contributed by atoms with Crippen LogP contribution >= 0.6 is 0 Å². The minimum absolute atomic E-state index is 0.367. The molecule has 0 amide bonds. The number of aryl methyl sites for hydroxylation is 2. The molecule has 0 aliphatic carbocycles.